The minimum atomic E-state index is -0.319. The second-order valence-electron chi connectivity index (χ2n) is 6.01. The maximum atomic E-state index is 13.3. The largest absolute Gasteiger partial charge is 0.331 e. The van der Waals surface area contributed by atoms with Crippen LogP contribution in [-0.2, 0) is 6.42 Å². The molecule has 6 heteroatoms. The molecule has 4 rings (SSSR count). The summed E-state index contributed by atoms with van der Waals surface area (Å²) < 4.78 is 15.0. The van der Waals surface area contributed by atoms with E-state index in [4.69, 9.17) is 0 Å². The molecule has 0 bridgehead atoms. The molecule has 1 heterocycles. The van der Waals surface area contributed by atoms with Gasteiger partial charge in [-0.25, -0.2) is 13.9 Å². The van der Waals surface area contributed by atoms with Gasteiger partial charge in [0.05, 0.1) is 11.7 Å². The average Bonchev–Trinajstić information content (AvgIpc) is 3.23. The molecule has 0 fully saturated rings. The standard InChI is InChI=1S/C19H17FN4O/c20-14-7-8-16-13(12-14)6-9-17(16)21-19(25)22-18-10-11-24(23-18)15-4-2-1-3-5-15/h1-5,7-8,10-12,17H,6,9H2,(H2,21,22,23,25)/t17-/m0/s1. The molecule has 2 N–H and O–H groups in total. The third-order valence-corrected chi connectivity index (χ3v) is 4.34. The van der Waals surface area contributed by atoms with Crippen molar-refractivity contribution in [2.45, 2.75) is 18.9 Å². The van der Waals surface area contributed by atoms with Crippen molar-refractivity contribution < 1.29 is 9.18 Å². The zero-order chi connectivity index (χ0) is 17.2. The number of nitrogens with one attached hydrogen (secondary N) is 2. The minimum Gasteiger partial charge on any atom is -0.331 e. The number of aromatic nitrogens is 2. The molecule has 2 aromatic carbocycles. The minimum absolute atomic E-state index is 0.105. The van der Waals surface area contributed by atoms with Gasteiger partial charge >= 0.3 is 6.03 Å². The van der Waals surface area contributed by atoms with Gasteiger partial charge in [0.2, 0.25) is 0 Å². The SMILES string of the molecule is O=C(Nc1ccn(-c2ccccc2)n1)N[C@H]1CCc2cc(F)ccc21. The molecule has 0 saturated heterocycles. The molecule has 0 aliphatic heterocycles. The van der Waals surface area contributed by atoms with Crippen molar-refractivity contribution in [3.63, 3.8) is 0 Å². The third-order valence-electron chi connectivity index (χ3n) is 4.34. The van der Waals surface area contributed by atoms with Crippen LogP contribution in [0.2, 0.25) is 0 Å². The summed E-state index contributed by atoms with van der Waals surface area (Å²) in [7, 11) is 0. The highest BCUT2D eigenvalue weighted by molar-refractivity contribution is 5.88. The number of benzene rings is 2. The van der Waals surface area contributed by atoms with E-state index in [0.29, 0.717) is 5.82 Å². The van der Waals surface area contributed by atoms with E-state index < -0.39 is 0 Å². The molecule has 2 amide bonds. The number of amides is 2. The van der Waals surface area contributed by atoms with Crippen LogP contribution in [0.25, 0.3) is 5.69 Å². The Kier molecular flexibility index (Phi) is 3.93. The lowest BCUT2D eigenvalue weighted by Crippen LogP contribution is -2.31. The maximum Gasteiger partial charge on any atom is 0.320 e. The molecular weight excluding hydrogens is 319 g/mol. The summed E-state index contributed by atoms with van der Waals surface area (Å²) in [4.78, 5) is 12.2. The van der Waals surface area contributed by atoms with Gasteiger partial charge in [0.25, 0.3) is 0 Å². The highest BCUT2D eigenvalue weighted by Crippen LogP contribution is 2.31. The number of hydrogen-bond donors (Lipinski definition) is 2. The fourth-order valence-electron chi connectivity index (χ4n) is 3.16. The van der Waals surface area contributed by atoms with Crippen LogP contribution < -0.4 is 10.6 Å². The number of carbonyl (C=O) groups is 1. The summed E-state index contributed by atoms with van der Waals surface area (Å²) in [6.07, 6.45) is 3.32. The Morgan fingerprint density at radius 2 is 2.00 bits per heavy atom. The number of anilines is 1. The second kappa shape index (κ2) is 6.39. The zero-order valence-corrected chi connectivity index (χ0v) is 13.4. The number of para-hydroxylation sites is 1. The molecule has 0 unspecified atom stereocenters. The number of halogens is 1. The van der Waals surface area contributed by atoms with Gasteiger partial charge in [-0.3, -0.25) is 5.32 Å². The molecule has 1 aliphatic carbocycles. The van der Waals surface area contributed by atoms with Crippen LogP contribution in [0.15, 0.2) is 60.8 Å². The van der Waals surface area contributed by atoms with Crippen molar-refractivity contribution in [1.82, 2.24) is 15.1 Å². The van der Waals surface area contributed by atoms with Crippen molar-refractivity contribution in [2.24, 2.45) is 0 Å². The second-order valence-corrected chi connectivity index (χ2v) is 6.01. The third kappa shape index (κ3) is 3.24. The molecule has 1 aromatic heterocycles. The molecule has 126 valence electrons. The quantitative estimate of drug-likeness (QED) is 0.764. The van der Waals surface area contributed by atoms with E-state index >= 15 is 0 Å². The first-order valence-corrected chi connectivity index (χ1v) is 8.16. The lowest BCUT2D eigenvalue weighted by atomic mass is 10.1. The van der Waals surface area contributed by atoms with Gasteiger partial charge in [0.15, 0.2) is 5.82 Å². The molecule has 1 aliphatic rings. The summed E-state index contributed by atoms with van der Waals surface area (Å²) in [5.74, 6) is 0.231. The van der Waals surface area contributed by atoms with E-state index in [1.54, 1.807) is 23.0 Å². The smallest absolute Gasteiger partial charge is 0.320 e. The Balaban J connectivity index is 1.42. The van der Waals surface area contributed by atoms with Gasteiger partial charge in [-0.2, -0.15) is 0 Å². The van der Waals surface area contributed by atoms with Crippen molar-refractivity contribution in [3.05, 3.63) is 77.7 Å². The molecule has 5 nitrogen and oxygen atoms in total. The fourth-order valence-corrected chi connectivity index (χ4v) is 3.16. The van der Waals surface area contributed by atoms with E-state index in [9.17, 15) is 9.18 Å². The number of fused-ring (bicyclic) bond motifs is 1. The number of urea groups is 1. The number of nitrogens with zero attached hydrogens (tertiary/aromatic N) is 2. The molecule has 0 spiro atoms. The van der Waals surface area contributed by atoms with Crippen LogP contribution in [0.3, 0.4) is 0 Å². The highest BCUT2D eigenvalue weighted by atomic mass is 19.1. The van der Waals surface area contributed by atoms with Crippen molar-refractivity contribution in [1.29, 1.82) is 0 Å². The predicted molar refractivity (Wildman–Crippen MR) is 93.2 cm³/mol. The van der Waals surface area contributed by atoms with Gasteiger partial charge in [0.1, 0.15) is 5.82 Å². The normalized spacial score (nSPS) is 15.6. The van der Waals surface area contributed by atoms with Crippen LogP contribution in [0.4, 0.5) is 15.0 Å². The molecular formula is C19H17FN4O. The van der Waals surface area contributed by atoms with E-state index in [0.717, 1.165) is 29.7 Å². The Morgan fingerprint density at radius 3 is 2.84 bits per heavy atom. The summed E-state index contributed by atoms with van der Waals surface area (Å²) in [6.45, 7) is 0. The van der Waals surface area contributed by atoms with Gasteiger partial charge < -0.3 is 5.32 Å². The summed E-state index contributed by atoms with van der Waals surface area (Å²) in [5.41, 5.74) is 2.85. The lowest BCUT2D eigenvalue weighted by molar-refractivity contribution is 0.248. The van der Waals surface area contributed by atoms with Gasteiger partial charge in [0, 0.05) is 12.3 Å². The van der Waals surface area contributed by atoms with E-state index in [1.165, 1.54) is 12.1 Å². The number of hydrogen-bond acceptors (Lipinski definition) is 2. The number of rotatable bonds is 3. The number of aryl methyl sites for hydroxylation is 1. The maximum absolute atomic E-state index is 13.3. The van der Waals surface area contributed by atoms with E-state index in [2.05, 4.69) is 15.7 Å². The molecule has 0 saturated carbocycles. The Morgan fingerprint density at radius 1 is 1.16 bits per heavy atom. The van der Waals surface area contributed by atoms with Crippen LogP contribution in [-0.4, -0.2) is 15.8 Å². The average molecular weight is 336 g/mol. The van der Waals surface area contributed by atoms with Crippen LogP contribution in [0.1, 0.15) is 23.6 Å². The monoisotopic (exact) mass is 336 g/mol. The van der Waals surface area contributed by atoms with Gasteiger partial charge in [-0.1, -0.05) is 24.3 Å². The van der Waals surface area contributed by atoms with E-state index in [-0.39, 0.29) is 17.9 Å². The molecule has 3 aromatic rings. The topological polar surface area (TPSA) is 59.0 Å². The lowest BCUT2D eigenvalue weighted by Gasteiger charge is -2.14. The number of carbonyl (C=O) groups excluding carboxylic acids is 1. The zero-order valence-electron chi connectivity index (χ0n) is 13.4. The molecule has 0 radical (unpaired) electrons. The van der Waals surface area contributed by atoms with Crippen LogP contribution >= 0.6 is 0 Å². The summed E-state index contributed by atoms with van der Waals surface area (Å²) in [5, 5.41) is 10.0. The first kappa shape index (κ1) is 15.4. The first-order valence-electron chi connectivity index (χ1n) is 8.16. The fraction of sp³-hybridized carbons (Fsp3) is 0.158. The Labute approximate surface area is 144 Å². The van der Waals surface area contributed by atoms with Gasteiger partial charge in [-0.15, -0.1) is 5.10 Å². The van der Waals surface area contributed by atoms with Crippen molar-refractivity contribution >= 4 is 11.8 Å². The predicted octanol–water partition coefficient (Wildman–Crippen LogP) is 3.82. The Bertz CT molecular complexity index is 907. The first-order chi connectivity index (χ1) is 12.2. The van der Waals surface area contributed by atoms with E-state index in [1.807, 2.05) is 30.3 Å². The highest BCUT2D eigenvalue weighted by Gasteiger charge is 2.24. The summed E-state index contributed by atoms with van der Waals surface area (Å²) in [6, 6.07) is 15.7. The Hall–Kier alpha value is -3.15. The van der Waals surface area contributed by atoms with Crippen LogP contribution in [0.5, 0.6) is 0 Å². The van der Waals surface area contributed by atoms with Crippen LogP contribution in [0, 0.1) is 5.82 Å². The van der Waals surface area contributed by atoms with Crippen molar-refractivity contribution in [2.75, 3.05) is 5.32 Å². The molecule has 1 atom stereocenters. The molecule has 25 heavy (non-hydrogen) atoms. The summed E-state index contributed by atoms with van der Waals surface area (Å²) >= 11 is 0. The van der Waals surface area contributed by atoms with Crippen molar-refractivity contribution in [3.8, 4) is 5.69 Å². The van der Waals surface area contributed by atoms with Gasteiger partial charge in [-0.05, 0) is 48.2 Å².